The summed E-state index contributed by atoms with van der Waals surface area (Å²) in [6, 6.07) is 40.8. The molecule has 5 aromatic rings. The Morgan fingerprint density at radius 1 is 0.634 bits per heavy atom. The van der Waals surface area contributed by atoms with Crippen LogP contribution in [0.5, 0.6) is 5.75 Å². The van der Waals surface area contributed by atoms with Crippen molar-refractivity contribution in [2.24, 2.45) is 0 Å². The maximum atomic E-state index is 13.5. The number of alkyl halides is 4. The molecule has 210 valence electrons. The molecule has 0 bridgehead atoms. The normalized spacial score (nSPS) is 12.2. The number of aryl methyl sites for hydroxylation is 1. The molecule has 6 heteroatoms. The van der Waals surface area contributed by atoms with E-state index in [4.69, 9.17) is 4.74 Å². The second-order valence-corrected chi connectivity index (χ2v) is 14.1. The maximum absolute atomic E-state index is 13.5. The summed E-state index contributed by atoms with van der Waals surface area (Å²) in [4.78, 5) is 0. The molecule has 0 N–H and O–H groups in total. The topological polar surface area (TPSA) is 9.23 Å². The molecule has 0 heterocycles. The van der Waals surface area contributed by atoms with E-state index < -0.39 is 25.7 Å². The number of hydrogen-bond donors (Lipinski definition) is 0. The average Bonchev–Trinajstić information content (AvgIpc) is 3.00. The summed E-state index contributed by atoms with van der Waals surface area (Å²) in [6.45, 7) is 0.931. The molecule has 0 saturated heterocycles. The molecule has 5 rings (SSSR count). The van der Waals surface area contributed by atoms with Crippen molar-refractivity contribution in [1.29, 1.82) is 0 Å². The second kappa shape index (κ2) is 12.3. The van der Waals surface area contributed by atoms with Crippen LogP contribution in [0.3, 0.4) is 0 Å². The molecule has 0 unspecified atom stereocenters. The van der Waals surface area contributed by atoms with Crippen molar-refractivity contribution >= 4 is 23.2 Å². The molecule has 0 aromatic heterocycles. The van der Waals surface area contributed by atoms with Gasteiger partial charge in [-0.25, -0.2) is 0 Å². The van der Waals surface area contributed by atoms with Gasteiger partial charge in [-0.05, 0) is 0 Å². The monoisotopic (exact) mass is 574 g/mol. The van der Waals surface area contributed by atoms with Crippen LogP contribution >= 0.6 is 7.26 Å². The van der Waals surface area contributed by atoms with Gasteiger partial charge in [-0.15, -0.1) is 0 Å². The molecule has 0 aliphatic rings. The summed E-state index contributed by atoms with van der Waals surface area (Å²) in [7, 11) is -2.65. The Labute approximate surface area is 238 Å². The molecule has 0 radical (unpaired) electrons. The van der Waals surface area contributed by atoms with Crippen molar-refractivity contribution < 1.29 is 22.3 Å². The first kappa shape index (κ1) is 28.6. The molecule has 0 atom stereocenters. The third kappa shape index (κ3) is 6.36. The van der Waals surface area contributed by atoms with E-state index in [0.29, 0.717) is 11.9 Å². The average molecular weight is 575 g/mol. The third-order valence-corrected chi connectivity index (χ3v) is 12.3. The van der Waals surface area contributed by atoms with Gasteiger partial charge >= 0.3 is 239 Å². The number of halogens is 4. The summed E-state index contributed by atoms with van der Waals surface area (Å²) >= 11 is 0. The van der Waals surface area contributed by atoms with Crippen molar-refractivity contribution in [2.45, 2.75) is 32.5 Å². The van der Waals surface area contributed by atoms with Gasteiger partial charge in [-0.1, -0.05) is 0 Å². The van der Waals surface area contributed by atoms with Gasteiger partial charge in [-0.3, -0.25) is 0 Å². The minimum absolute atomic E-state index is 0.0220. The van der Waals surface area contributed by atoms with E-state index in [2.05, 4.69) is 78.9 Å². The molecule has 1 nitrogen and oxygen atoms in total. The predicted molar refractivity (Wildman–Crippen MR) is 162 cm³/mol. The SMILES string of the molecule is Cc1ccc(OCc2cc(CF)cc(C(F)(F)F)c2)c(C[PH](c2ccccc2)(c2ccccc2)c2ccccc2)c1. The van der Waals surface area contributed by atoms with E-state index >= 15 is 0 Å². The van der Waals surface area contributed by atoms with Crippen LogP contribution in [-0.2, 0) is 25.6 Å². The molecule has 0 saturated carbocycles. The zero-order valence-corrected chi connectivity index (χ0v) is 23.7. The quantitative estimate of drug-likeness (QED) is 0.127. The van der Waals surface area contributed by atoms with E-state index in [-0.39, 0.29) is 17.7 Å². The molecule has 0 fully saturated rings. The van der Waals surface area contributed by atoms with E-state index in [9.17, 15) is 17.6 Å². The number of hydrogen-bond acceptors (Lipinski definition) is 1. The van der Waals surface area contributed by atoms with E-state index in [1.165, 1.54) is 22.0 Å². The zero-order chi connectivity index (χ0) is 28.9. The van der Waals surface area contributed by atoms with Crippen LogP contribution in [-0.4, -0.2) is 0 Å². The van der Waals surface area contributed by atoms with Crippen LogP contribution in [0.25, 0.3) is 0 Å². The fourth-order valence-electron chi connectivity index (χ4n) is 5.49. The Balaban J connectivity index is 1.60. The first-order valence-electron chi connectivity index (χ1n) is 13.4. The Hall–Kier alpha value is -3.95. The third-order valence-electron chi connectivity index (χ3n) is 7.40. The first-order chi connectivity index (χ1) is 19.8. The Bertz CT molecular complexity index is 1490. The molecule has 41 heavy (non-hydrogen) atoms. The fourth-order valence-corrected chi connectivity index (χ4v) is 10.2. The second-order valence-electron chi connectivity index (χ2n) is 10.2. The van der Waals surface area contributed by atoms with Crippen LogP contribution in [0.1, 0.15) is 27.8 Å². The van der Waals surface area contributed by atoms with Gasteiger partial charge in [0, 0.05) is 0 Å². The predicted octanol–water partition coefficient (Wildman–Crippen LogP) is 8.29. The van der Waals surface area contributed by atoms with Gasteiger partial charge in [0.2, 0.25) is 0 Å². The van der Waals surface area contributed by atoms with Gasteiger partial charge in [0.05, 0.1) is 0 Å². The number of rotatable bonds is 9. The van der Waals surface area contributed by atoms with Crippen molar-refractivity contribution in [1.82, 2.24) is 0 Å². The molecule has 0 aliphatic heterocycles. The molecule has 0 amide bonds. The van der Waals surface area contributed by atoms with Crippen molar-refractivity contribution in [3.8, 4) is 5.75 Å². The van der Waals surface area contributed by atoms with Crippen molar-refractivity contribution in [2.75, 3.05) is 0 Å². The van der Waals surface area contributed by atoms with E-state index in [1.807, 2.05) is 37.3 Å². The molecule has 5 aromatic carbocycles. The van der Waals surface area contributed by atoms with Gasteiger partial charge in [0.15, 0.2) is 0 Å². The summed E-state index contributed by atoms with van der Waals surface area (Å²) in [5, 5.41) is 3.74. The minimum atomic E-state index is -4.57. The summed E-state index contributed by atoms with van der Waals surface area (Å²) in [6.07, 6.45) is -3.89. The van der Waals surface area contributed by atoms with Crippen LogP contribution in [0, 0.1) is 6.92 Å². The van der Waals surface area contributed by atoms with E-state index in [1.54, 1.807) is 0 Å². The fraction of sp³-hybridized carbons (Fsp3) is 0.143. The van der Waals surface area contributed by atoms with Crippen LogP contribution < -0.4 is 20.7 Å². The van der Waals surface area contributed by atoms with Crippen molar-refractivity contribution in [3.05, 3.63) is 155 Å². The summed E-state index contributed by atoms with van der Waals surface area (Å²) < 4.78 is 60.0. The van der Waals surface area contributed by atoms with Crippen LogP contribution in [0.4, 0.5) is 17.6 Å². The Morgan fingerprint density at radius 2 is 1.15 bits per heavy atom. The van der Waals surface area contributed by atoms with Gasteiger partial charge in [0.25, 0.3) is 0 Å². The van der Waals surface area contributed by atoms with Crippen molar-refractivity contribution in [3.63, 3.8) is 0 Å². The zero-order valence-electron chi connectivity index (χ0n) is 22.7. The Kier molecular flexibility index (Phi) is 8.56. The van der Waals surface area contributed by atoms with Gasteiger partial charge in [0.1, 0.15) is 0 Å². The van der Waals surface area contributed by atoms with Gasteiger partial charge < -0.3 is 0 Å². The summed E-state index contributed by atoms with van der Waals surface area (Å²) in [5.41, 5.74) is 1.41. The molecule has 0 aliphatic carbocycles. The summed E-state index contributed by atoms with van der Waals surface area (Å²) in [5.74, 6) is 0.606. The molecule has 0 spiro atoms. The van der Waals surface area contributed by atoms with Crippen LogP contribution in [0.15, 0.2) is 127 Å². The molecular formula is C35H31F4OP. The molecular weight excluding hydrogens is 543 g/mol. The number of benzene rings is 5. The van der Waals surface area contributed by atoms with Gasteiger partial charge in [-0.2, -0.15) is 0 Å². The standard InChI is InChI=1S/C35H31F4OP/c1-26-17-18-34(40-24-28-20-27(23-36)21-30(22-28)35(37,38)39)29(19-26)25-41(31-11-5-2-6-12-31,32-13-7-3-8-14-32)33-15-9-4-10-16-33/h2-22,41H,23-25H2,1H3. The Morgan fingerprint density at radius 3 is 1.63 bits per heavy atom. The van der Waals surface area contributed by atoms with E-state index in [0.717, 1.165) is 23.3 Å². The number of ether oxygens (including phenoxy) is 1. The first-order valence-corrected chi connectivity index (χ1v) is 15.7. The van der Waals surface area contributed by atoms with Crippen LogP contribution in [0.2, 0.25) is 0 Å².